The predicted molar refractivity (Wildman–Crippen MR) is 55.5 cm³/mol. The summed E-state index contributed by atoms with van der Waals surface area (Å²) in [7, 11) is 0. The molecule has 0 spiro atoms. The molecule has 14 heavy (non-hydrogen) atoms. The van der Waals surface area contributed by atoms with Crippen molar-refractivity contribution in [3.8, 4) is 5.75 Å². The Morgan fingerprint density at radius 3 is 2.93 bits per heavy atom. The molecule has 0 aromatic heterocycles. The normalized spacial score (nSPS) is 24.5. The van der Waals surface area contributed by atoms with Crippen LogP contribution in [0.2, 0.25) is 0 Å². The molecule has 0 radical (unpaired) electrons. The summed E-state index contributed by atoms with van der Waals surface area (Å²) in [6, 6.07) is 5.97. The maximum Gasteiger partial charge on any atom is 0.129 e. The Morgan fingerprint density at radius 2 is 2.21 bits per heavy atom. The second-order valence-electron chi connectivity index (χ2n) is 3.93. The van der Waals surface area contributed by atoms with E-state index >= 15 is 0 Å². The lowest BCUT2D eigenvalue weighted by Crippen LogP contribution is -2.17. The Labute approximate surface area is 84.5 Å². The third-order valence-corrected chi connectivity index (χ3v) is 2.69. The molecule has 0 amide bonds. The Kier molecular flexibility index (Phi) is 2.46. The lowest BCUT2D eigenvalue weighted by Gasteiger charge is -2.12. The van der Waals surface area contributed by atoms with Crippen LogP contribution in [0.5, 0.6) is 5.75 Å². The van der Waals surface area contributed by atoms with E-state index < -0.39 is 6.10 Å². The standard InChI is InChI=1S/C12H16O2/c1-3-4-10-12(13)9-6-5-8(2)7-11(9)14-10/h5-7,10,12-13H,3-4H2,1-2H3. The van der Waals surface area contributed by atoms with Crippen molar-refractivity contribution in [3.63, 3.8) is 0 Å². The van der Waals surface area contributed by atoms with Crippen LogP contribution in [0.4, 0.5) is 0 Å². The number of hydrogen-bond donors (Lipinski definition) is 1. The minimum Gasteiger partial charge on any atom is -0.487 e. The number of aliphatic hydroxyl groups is 1. The van der Waals surface area contributed by atoms with Gasteiger partial charge in [0.25, 0.3) is 0 Å². The molecule has 0 fully saturated rings. The zero-order valence-electron chi connectivity index (χ0n) is 8.66. The SMILES string of the molecule is CCCC1Oc2cc(C)ccc2C1O. The Bertz CT molecular complexity index is 333. The van der Waals surface area contributed by atoms with Crippen LogP contribution in [-0.4, -0.2) is 11.2 Å². The number of aryl methyl sites for hydroxylation is 1. The lowest BCUT2D eigenvalue weighted by atomic mass is 10.0. The molecule has 1 aliphatic rings. The number of aliphatic hydroxyl groups excluding tert-OH is 1. The molecular weight excluding hydrogens is 176 g/mol. The fraction of sp³-hybridized carbons (Fsp3) is 0.500. The van der Waals surface area contributed by atoms with Crippen molar-refractivity contribution in [2.75, 3.05) is 0 Å². The monoisotopic (exact) mass is 192 g/mol. The van der Waals surface area contributed by atoms with Crippen LogP contribution in [0.25, 0.3) is 0 Å². The van der Waals surface area contributed by atoms with Crippen LogP contribution in [0, 0.1) is 6.92 Å². The summed E-state index contributed by atoms with van der Waals surface area (Å²) >= 11 is 0. The van der Waals surface area contributed by atoms with E-state index in [4.69, 9.17) is 4.74 Å². The molecule has 0 aliphatic carbocycles. The summed E-state index contributed by atoms with van der Waals surface area (Å²) in [5.41, 5.74) is 2.11. The van der Waals surface area contributed by atoms with Gasteiger partial charge in [0.05, 0.1) is 0 Å². The van der Waals surface area contributed by atoms with Gasteiger partial charge in [-0.25, -0.2) is 0 Å². The van der Waals surface area contributed by atoms with Crippen molar-refractivity contribution in [2.45, 2.75) is 38.9 Å². The Balaban J connectivity index is 2.26. The van der Waals surface area contributed by atoms with E-state index in [1.165, 1.54) is 5.56 Å². The molecule has 0 saturated carbocycles. The Hall–Kier alpha value is -1.02. The average Bonchev–Trinajstić information content (AvgIpc) is 2.44. The second-order valence-corrected chi connectivity index (χ2v) is 3.93. The molecule has 76 valence electrons. The quantitative estimate of drug-likeness (QED) is 0.780. The molecule has 2 nitrogen and oxygen atoms in total. The van der Waals surface area contributed by atoms with Gasteiger partial charge in [-0.1, -0.05) is 25.5 Å². The van der Waals surface area contributed by atoms with Crippen molar-refractivity contribution in [3.05, 3.63) is 29.3 Å². The molecule has 0 saturated heterocycles. The van der Waals surface area contributed by atoms with Crippen LogP contribution in [0.15, 0.2) is 18.2 Å². The second kappa shape index (κ2) is 3.62. The van der Waals surface area contributed by atoms with Gasteiger partial charge in [-0.05, 0) is 25.0 Å². The molecule has 1 aromatic rings. The van der Waals surface area contributed by atoms with Gasteiger partial charge in [-0.2, -0.15) is 0 Å². The van der Waals surface area contributed by atoms with Gasteiger partial charge in [-0.3, -0.25) is 0 Å². The molecule has 1 heterocycles. The highest BCUT2D eigenvalue weighted by atomic mass is 16.5. The molecule has 1 aliphatic heterocycles. The fourth-order valence-electron chi connectivity index (χ4n) is 1.92. The van der Waals surface area contributed by atoms with Gasteiger partial charge in [0.1, 0.15) is 18.0 Å². The third kappa shape index (κ3) is 1.50. The van der Waals surface area contributed by atoms with Crippen molar-refractivity contribution < 1.29 is 9.84 Å². The van der Waals surface area contributed by atoms with E-state index in [0.717, 1.165) is 24.2 Å². The average molecular weight is 192 g/mol. The first-order valence-corrected chi connectivity index (χ1v) is 5.17. The van der Waals surface area contributed by atoms with Gasteiger partial charge < -0.3 is 9.84 Å². The molecule has 2 rings (SSSR count). The van der Waals surface area contributed by atoms with E-state index in [9.17, 15) is 5.11 Å². The number of ether oxygens (including phenoxy) is 1. The van der Waals surface area contributed by atoms with Crippen LogP contribution >= 0.6 is 0 Å². The van der Waals surface area contributed by atoms with E-state index in [-0.39, 0.29) is 6.10 Å². The largest absolute Gasteiger partial charge is 0.487 e. The maximum absolute atomic E-state index is 9.94. The third-order valence-electron chi connectivity index (χ3n) is 2.69. The van der Waals surface area contributed by atoms with Crippen LogP contribution in [-0.2, 0) is 0 Å². The highest BCUT2D eigenvalue weighted by molar-refractivity contribution is 5.42. The van der Waals surface area contributed by atoms with Gasteiger partial charge in [0.2, 0.25) is 0 Å². The van der Waals surface area contributed by atoms with Gasteiger partial charge >= 0.3 is 0 Å². The van der Waals surface area contributed by atoms with E-state index in [2.05, 4.69) is 6.92 Å². The first kappa shape index (κ1) is 9.53. The summed E-state index contributed by atoms with van der Waals surface area (Å²) in [5.74, 6) is 0.857. The molecule has 2 heteroatoms. The smallest absolute Gasteiger partial charge is 0.129 e. The first-order chi connectivity index (χ1) is 6.72. The van der Waals surface area contributed by atoms with Gasteiger partial charge in [-0.15, -0.1) is 0 Å². The molecule has 0 bridgehead atoms. The topological polar surface area (TPSA) is 29.5 Å². The Morgan fingerprint density at radius 1 is 1.43 bits per heavy atom. The highest BCUT2D eigenvalue weighted by Crippen LogP contribution is 2.38. The minimum absolute atomic E-state index is 0.0446. The highest BCUT2D eigenvalue weighted by Gasteiger charge is 2.31. The van der Waals surface area contributed by atoms with Gasteiger partial charge in [0, 0.05) is 5.56 Å². The summed E-state index contributed by atoms with van der Waals surface area (Å²) in [6.07, 6.45) is 1.46. The maximum atomic E-state index is 9.94. The number of rotatable bonds is 2. The molecule has 2 unspecified atom stereocenters. The summed E-state index contributed by atoms with van der Waals surface area (Å²) in [4.78, 5) is 0. The number of benzene rings is 1. The van der Waals surface area contributed by atoms with Crippen molar-refractivity contribution in [2.24, 2.45) is 0 Å². The lowest BCUT2D eigenvalue weighted by molar-refractivity contribution is 0.0616. The summed E-state index contributed by atoms with van der Waals surface area (Å²) < 4.78 is 5.69. The van der Waals surface area contributed by atoms with Gasteiger partial charge in [0.15, 0.2) is 0 Å². The van der Waals surface area contributed by atoms with Crippen molar-refractivity contribution in [1.29, 1.82) is 0 Å². The molecule has 1 aromatic carbocycles. The van der Waals surface area contributed by atoms with E-state index in [1.54, 1.807) is 0 Å². The van der Waals surface area contributed by atoms with Crippen LogP contribution in [0.1, 0.15) is 37.0 Å². The van der Waals surface area contributed by atoms with E-state index in [0.29, 0.717) is 0 Å². The minimum atomic E-state index is -0.439. The summed E-state index contributed by atoms with van der Waals surface area (Å²) in [6.45, 7) is 4.13. The molecule has 1 N–H and O–H groups in total. The molecular formula is C12H16O2. The van der Waals surface area contributed by atoms with Crippen LogP contribution in [0.3, 0.4) is 0 Å². The van der Waals surface area contributed by atoms with Crippen molar-refractivity contribution in [1.82, 2.24) is 0 Å². The zero-order chi connectivity index (χ0) is 10.1. The predicted octanol–water partition coefficient (Wildman–Crippen LogP) is 2.59. The zero-order valence-corrected chi connectivity index (χ0v) is 8.66. The summed E-state index contributed by atoms with van der Waals surface area (Å²) in [5, 5.41) is 9.94. The van der Waals surface area contributed by atoms with E-state index in [1.807, 2.05) is 25.1 Å². The fourth-order valence-corrected chi connectivity index (χ4v) is 1.92. The molecule has 2 atom stereocenters. The number of hydrogen-bond acceptors (Lipinski definition) is 2. The number of fused-ring (bicyclic) bond motifs is 1. The first-order valence-electron chi connectivity index (χ1n) is 5.17. The van der Waals surface area contributed by atoms with Crippen molar-refractivity contribution >= 4 is 0 Å². The van der Waals surface area contributed by atoms with Crippen LogP contribution < -0.4 is 4.74 Å².